The van der Waals surface area contributed by atoms with Crippen molar-refractivity contribution in [3.8, 4) is 11.5 Å². The Labute approximate surface area is 176 Å². The van der Waals surface area contributed by atoms with Crippen LogP contribution in [0.3, 0.4) is 0 Å². The topological polar surface area (TPSA) is 9.23 Å². The number of hydrogen-bond donors (Lipinski definition) is 0. The van der Waals surface area contributed by atoms with E-state index in [1.54, 1.807) is 0 Å². The summed E-state index contributed by atoms with van der Waals surface area (Å²) in [7, 11) is 0. The van der Waals surface area contributed by atoms with Gasteiger partial charge in [-0.3, -0.25) is 0 Å². The van der Waals surface area contributed by atoms with Crippen LogP contribution in [-0.4, -0.2) is 0 Å². The highest BCUT2D eigenvalue weighted by Gasteiger charge is 2.32. The molecule has 1 aliphatic rings. The van der Waals surface area contributed by atoms with Gasteiger partial charge in [-0.25, -0.2) is 0 Å². The van der Waals surface area contributed by atoms with Crippen LogP contribution >= 0.6 is 0 Å². The molecule has 0 atom stereocenters. The predicted octanol–water partition coefficient (Wildman–Crippen LogP) is 7.90. The molecule has 0 N–H and O–H groups in total. The number of fused-ring (bicyclic) bond motifs is 6. The molecule has 1 aliphatic heterocycles. The third-order valence-electron chi connectivity index (χ3n) is 6.39. The first-order valence-electron chi connectivity index (χ1n) is 10.5. The van der Waals surface area contributed by atoms with E-state index in [-0.39, 0.29) is 5.92 Å². The number of ether oxygens (including phenoxy) is 1. The van der Waals surface area contributed by atoms with Crippen molar-refractivity contribution in [1.29, 1.82) is 0 Å². The van der Waals surface area contributed by atoms with Crippen molar-refractivity contribution in [2.24, 2.45) is 0 Å². The zero-order valence-electron chi connectivity index (χ0n) is 17.1. The largest absolute Gasteiger partial charge is 0.457 e. The lowest BCUT2D eigenvalue weighted by molar-refractivity contribution is 0.456. The standard InChI is InChI=1S/C29H22O/c1-18-11-14-22(19(2)17-18)29-27-23-9-5-3-7-20(23)12-15-25(27)30-26-16-13-21-8-4-6-10-24(21)28(26)29/h3-17,29H,1-2H3. The van der Waals surface area contributed by atoms with Crippen LogP contribution in [0.1, 0.15) is 33.7 Å². The number of benzene rings is 5. The van der Waals surface area contributed by atoms with Crippen LogP contribution in [0.25, 0.3) is 21.5 Å². The second-order valence-corrected chi connectivity index (χ2v) is 8.29. The fraction of sp³-hybridized carbons (Fsp3) is 0.103. The second-order valence-electron chi connectivity index (χ2n) is 8.29. The van der Waals surface area contributed by atoms with Crippen molar-refractivity contribution in [3.63, 3.8) is 0 Å². The molecule has 0 radical (unpaired) electrons. The summed E-state index contributed by atoms with van der Waals surface area (Å²) in [5.41, 5.74) is 6.49. The summed E-state index contributed by atoms with van der Waals surface area (Å²) in [5, 5.41) is 5.02. The molecule has 5 aromatic carbocycles. The predicted molar refractivity (Wildman–Crippen MR) is 125 cm³/mol. The van der Waals surface area contributed by atoms with Gasteiger partial charge >= 0.3 is 0 Å². The van der Waals surface area contributed by atoms with Gasteiger partial charge in [-0.2, -0.15) is 0 Å². The lowest BCUT2D eigenvalue weighted by Gasteiger charge is -2.32. The summed E-state index contributed by atoms with van der Waals surface area (Å²) in [6.07, 6.45) is 0. The van der Waals surface area contributed by atoms with Crippen LogP contribution in [0.15, 0.2) is 91.0 Å². The zero-order chi connectivity index (χ0) is 20.2. The fourth-order valence-electron chi connectivity index (χ4n) is 5.05. The van der Waals surface area contributed by atoms with E-state index in [0.717, 1.165) is 11.5 Å². The average Bonchev–Trinajstić information content (AvgIpc) is 2.77. The summed E-state index contributed by atoms with van der Waals surface area (Å²) < 4.78 is 6.51. The molecule has 0 saturated heterocycles. The smallest absolute Gasteiger partial charge is 0.132 e. The molecule has 1 heterocycles. The van der Waals surface area contributed by atoms with Gasteiger partial charge in [0.05, 0.1) is 0 Å². The minimum atomic E-state index is 0.126. The molecule has 1 heteroatoms. The molecule has 0 aromatic heterocycles. The second kappa shape index (κ2) is 6.47. The number of aryl methyl sites for hydroxylation is 2. The number of hydrogen-bond acceptors (Lipinski definition) is 1. The van der Waals surface area contributed by atoms with Crippen molar-refractivity contribution in [1.82, 2.24) is 0 Å². The molecule has 0 spiro atoms. The lowest BCUT2D eigenvalue weighted by Crippen LogP contribution is -2.14. The van der Waals surface area contributed by atoms with Gasteiger partial charge in [-0.1, -0.05) is 84.4 Å². The minimum absolute atomic E-state index is 0.126. The summed E-state index contributed by atoms with van der Waals surface area (Å²) in [5.74, 6) is 2.05. The Morgan fingerprint density at radius 2 is 1.17 bits per heavy atom. The Bertz CT molecular complexity index is 1360. The summed E-state index contributed by atoms with van der Waals surface area (Å²) in [4.78, 5) is 0. The monoisotopic (exact) mass is 386 g/mol. The molecule has 0 fully saturated rings. The molecule has 0 saturated carbocycles. The van der Waals surface area contributed by atoms with E-state index in [2.05, 4.69) is 105 Å². The van der Waals surface area contributed by atoms with Crippen LogP contribution in [-0.2, 0) is 0 Å². The van der Waals surface area contributed by atoms with Crippen molar-refractivity contribution >= 4 is 21.5 Å². The fourth-order valence-corrected chi connectivity index (χ4v) is 5.05. The first kappa shape index (κ1) is 17.3. The molecular weight excluding hydrogens is 364 g/mol. The number of rotatable bonds is 1. The normalized spacial score (nSPS) is 13.1. The molecule has 1 nitrogen and oxygen atoms in total. The maximum Gasteiger partial charge on any atom is 0.132 e. The molecule has 5 aromatic rings. The zero-order valence-corrected chi connectivity index (χ0v) is 17.1. The van der Waals surface area contributed by atoms with Gasteiger partial charge in [-0.05, 0) is 58.7 Å². The van der Waals surface area contributed by atoms with Gasteiger partial charge in [-0.15, -0.1) is 0 Å². The van der Waals surface area contributed by atoms with Crippen LogP contribution in [0.5, 0.6) is 11.5 Å². The molecule has 0 amide bonds. The van der Waals surface area contributed by atoms with E-state index in [1.807, 2.05) is 0 Å². The Morgan fingerprint density at radius 1 is 0.600 bits per heavy atom. The van der Waals surface area contributed by atoms with E-state index >= 15 is 0 Å². The summed E-state index contributed by atoms with van der Waals surface area (Å²) >= 11 is 0. The van der Waals surface area contributed by atoms with Crippen LogP contribution in [0, 0.1) is 13.8 Å². The molecule has 6 rings (SSSR count). The van der Waals surface area contributed by atoms with Gasteiger partial charge in [0.1, 0.15) is 11.5 Å². The molecule has 0 unspecified atom stereocenters. The minimum Gasteiger partial charge on any atom is -0.457 e. The van der Waals surface area contributed by atoms with Crippen LogP contribution in [0.2, 0.25) is 0 Å². The lowest BCUT2D eigenvalue weighted by atomic mass is 9.77. The Kier molecular flexibility index (Phi) is 3.73. The Hall–Kier alpha value is -3.58. The maximum absolute atomic E-state index is 6.51. The maximum atomic E-state index is 6.51. The van der Waals surface area contributed by atoms with E-state index in [1.165, 1.54) is 49.4 Å². The molecule has 0 aliphatic carbocycles. The van der Waals surface area contributed by atoms with E-state index < -0.39 is 0 Å². The molecule has 0 bridgehead atoms. The van der Waals surface area contributed by atoms with Crippen molar-refractivity contribution in [3.05, 3.63) is 119 Å². The SMILES string of the molecule is Cc1ccc(C2c3c(ccc4ccccc34)Oc3ccc4ccccc4c32)c(C)c1. The van der Waals surface area contributed by atoms with Crippen molar-refractivity contribution in [2.45, 2.75) is 19.8 Å². The molecule has 144 valence electrons. The van der Waals surface area contributed by atoms with Gasteiger partial charge in [0, 0.05) is 17.0 Å². The van der Waals surface area contributed by atoms with E-state index in [9.17, 15) is 0 Å². The van der Waals surface area contributed by atoms with Gasteiger partial charge in [0.2, 0.25) is 0 Å². The molecular formula is C29H22O. The van der Waals surface area contributed by atoms with E-state index in [0.29, 0.717) is 0 Å². The van der Waals surface area contributed by atoms with Crippen LogP contribution in [0.4, 0.5) is 0 Å². The van der Waals surface area contributed by atoms with Crippen molar-refractivity contribution < 1.29 is 4.74 Å². The quantitative estimate of drug-likeness (QED) is 0.279. The van der Waals surface area contributed by atoms with Gasteiger partial charge in [0.25, 0.3) is 0 Å². The highest BCUT2D eigenvalue weighted by Crippen LogP contribution is 2.52. The van der Waals surface area contributed by atoms with Crippen LogP contribution < -0.4 is 4.74 Å². The third-order valence-corrected chi connectivity index (χ3v) is 6.39. The first-order chi connectivity index (χ1) is 14.7. The van der Waals surface area contributed by atoms with Gasteiger partial charge < -0.3 is 4.74 Å². The Balaban J connectivity index is 1.77. The molecule has 30 heavy (non-hydrogen) atoms. The average molecular weight is 386 g/mol. The summed E-state index contributed by atoms with van der Waals surface area (Å²) in [6, 6.07) is 32.7. The summed E-state index contributed by atoms with van der Waals surface area (Å²) in [6.45, 7) is 4.39. The van der Waals surface area contributed by atoms with E-state index in [4.69, 9.17) is 4.74 Å². The highest BCUT2D eigenvalue weighted by atomic mass is 16.5. The van der Waals surface area contributed by atoms with Crippen molar-refractivity contribution in [2.75, 3.05) is 0 Å². The first-order valence-corrected chi connectivity index (χ1v) is 10.5. The third kappa shape index (κ3) is 2.48. The highest BCUT2D eigenvalue weighted by molar-refractivity contribution is 5.95. The van der Waals surface area contributed by atoms with Gasteiger partial charge in [0.15, 0.2) is 0 Å². The Morgan fingerprint density at radius 3 is 1.73 bits per heavy atom.